The van der Waals surface area contributed by atoms with Crippen molar-refractivity contribution in [2.75, 3.05) is 19.6 Å². The molecule has 0 saturated carbocycles. The average molecular weight is 501 g/mol. The summed E-state index contributed by atoms with van der Waals surface area (Å²) in [5, 5.41) is 1.90. The molecule has 3 aliphatic heterocycles. The number of carbonyl (C=O) groups is 1. The lowest BCUT2D eigenvalue weighted by Gasteiger charge is -2.54. The van der Waals surface area contributed by atoms with Crippen LogP contribution in [0.1, 0.15) is 61.0 Å². The van der Waals surface area contributed by atoms with Gasteiger partial charge in [-0.1, -0.05) is 18.1 Å². The van der Waals surface area contributed by atoms with Crippen LogP contribution in [0.15, 0.2) is 37.4 Å². The Morgan fingerprint density at radius 3 is 2.68 bits per heavy atom. The highest BCUT2D eigenvalue weighted by Gasteiger charge is 2.46. The quantitative estimate of drug-likeness (QED) is 0.347. The van der Waals surface area contributed by atoms with Crippen LogP contribution in [0.5, 0.6) is 0 Å². The highest BCUT2D eigenvalue weighted by Crippen LogP contribution is 2.45. The van der Waals surface area contributed by atoms with E-state index >= 15 is 0 Å². The van der Waals surface area contributed by atoms with Crippen molar-refractivity contribution in [3.63, 3.8) is 0 Å². The third-order valence-corrected chi connectivity index (χ3v) is 9.89. The first-order chi connectivity index (χ1) is 17.9. The van der Waals surface area contributed by atoms with Crippen LogP contribution in [0.4, 0.5) is 0 Å². The maximum Gasteiger partial charge on any atom is 0.340 e. The molecule has 1 aromatic carbocycles. The van der Waals surface area contributed by atoms with Crippen molar-refractivity contribution in [3.8, 4) is 0 Å². The van der Waals surface area contributed by atoms with Gasteiger partial charge in [0.25, 0.3) is 0 Å². The zero-order valence-electron chi connectivity index (χ0n) is 22.1. The molecule has 0 spiro atoms. The predicted molar refractivity (Wildman–Crippen MR) is 144 cm³/mol. The fraction of sp³-hybridized carbons (Fsp3) is 0.548. The molecule has 3 aromatic rings. The van der Waals surface area contributed by atoms with Gasteiger partial charge in [-0.05, 0) is 88.4 Å². The van der Waals surface area contributed by atoms with E-state index in [9.17, 15) is 9.59 Å². The van der Waals surface area contributed by atoms with Crippen LogP contribution in [-0.2, 0) is 11.2 Å². The second-order valence-electron chi connectivity index (χ2n) is 11.9. The van der Waals surface area contributed by atoms with Gasteiger partial charge in [-0.3, -0.25) is 9.69 Å². The molecule has 194 valence electrons. The zero-order valence-corrected chi connectivity index (χ0v) is 22.1. The van der Waals surface area contributed by atoms with Crippen molar-refractivity contribution in [1.82, 2.24) is 9.80 Å². The molecule has 0 N–H and O–H groups in total. The summed E-state index contributed by atoms with van der Waals surface area (Å²) >= 11 is 0. The number of aryl methyl sites for hydroxylation is 3. The lowest BCUT2D eigenvalue weighted by atomic mass is 9.68. The molecule has 4 aliphatic rings. The molecule has 6 nitrogen and oxygen atoms in total. The number of amides is 1. The second kappa shape index (κ2) is 8.59. The van der Waals surface area contributed by atoms with E-state index in [2.05, 4.69) is 15.9 Å². The van der Waals surface area contributed by atoms with Gasteiger partial charge < -0.3 is 13.7 Å². The number of furan rings is 1. The van der Waals surface area contributed by atoms with Gasteiger partial charge in [0.2, 0.25) is 5.91 Å². The Kier molecular flexibility index (Phi) is 5.40. The number of nitrogens with zero attached hydrogens (tertiary/aromatic N) is 2. The fourth-order valence-electron chi connectivity index (χ4n) is 7.94. The van der Waals surface area contributed by atoms with Gasteiger partial charge in [0.05, 0.1) is 18.0 Å². The molecule has 3 fully saturated rings. The molecule has 3 saturated heterocycles. The van der Waals surface area contributed by atoms with E-state index in [1.165, 1.54) is 37.8 Å². The van der Waals surface area contributed by atoms with Gasteiger partial charge in [0.1, 0.15) is 16.9 Å². The van der Waals surface area contributed by atoms with Crippen LogP contribution < -0.4 is 5.63 Å². The fourth-order valence-corrected chi connectivity index (χ4v) is 7.94. The molecule has 2 aromatic heterocycles. The summed E-state index contributed by atoms with van der Waals surface area (Å²) in [6.45, 7) is 9.00. The Labute approximate surface area is 217 Å². The van der Waals surface area contributed by atoms with Gasteiger partial charge in [0, 0.05) is 36.0 Å². The monoisotopic (exact) mass is 500 g/mol. The molecular formula is C31H36N2O4. The Bertz CT molecular complexity index is 1510. The van der Waals surface area contributed by atoms with Crippen molar-refractivity contribution in [2.24, 2.45) is 11.8 Å². The van der Waals surface area contributed by atoms with E-state index in [0.717, 1.165) is 59.2 Å². The summed E-state index contributed by atoms with van der Waals surface area (Å²) in [5.74, 6) is 2.06. The van der Waals surface area contributed by atoms with E-state index in [-0.39, 0.29) is 18.4 Å². The summed E-state index contributed by atoms with van der Waals surface area (Å²) in [6.07, 6.45) is 9.89. The minimum absolute atomic E-state index is 0.0565. The van der Waals surface area contributed by atoms with Crippen LogP contribution in [0.2, 0.25) is 0 Å². The van der Waals surface area contributed by atoms with Crippen LogP contribution in [0, 0.1) is 32.6 Å². The smallest absolute Gasteiger partial charge is 0.340 e. The van der Waals surface area contributed by atoms with Crippen LogP contribution in [0.25, 0.3) is 21.9 Å². The van der Waals surface area contributed by atoms with Crippen molar-refractivity contribution in [2.45, 2.75) is 77.8 Å². The largest absolute Gasteiger partial charge is 0.461 e. The summed E-state index contributed by atoms with van der Waals surface area (Å²) in [5.41, 5.74) is 4.71. The predicted octanol–water partition coefficient (Wildman–Crippen LogP) is 5.43. The number of likely N-dealkylation sites (tertiary alicyclic amines) is 1. The molecule has 2 bridgehead atoms. The topological polar surface area (TPSA) is 66.9 Å². The number of hydrogen-bond donors (Lipinski definition) is 0. The van der Waals surface area contributed by atoms with E-state index in [0.29, 0.717) is 29.0 Å². The van der Waals surface area contributed by atoms with Gasteiger partial charge in [-0.15, -0.1) is 0 Å². The first-order valence-corrected chi connectivity index (χ1v) is 14.1. The molecule has 1 aliphatic carbocycles. The molecule has 0 unspecified atom stereocenters. The number of benzene rings is 1. The maximum absolute atomic E-state index is 13.9. The zero-order chi connectivity index (χ0) is 25.4. The highest BCUT2D eigenvalue weighted by atomic mass is 16.4. The van der Waals surface area contributed by atoms with Gasteiger partial charge in [-0.2, -0.15) is 0 Å². The molecule has 7 rings (SSSR count). The lowest BCUT2D eigenvalue weighted by molar-refractivity contribution is -0.135. The maximum atomic E-state index is 13.9. The highest BCUT2D eigenvalue weighted by molar-refractivity contribution is 5.97. The van der Waals surface area contributed by atoms with E-state index in [1.807, 2.05) is 32.9 Å². The summed E-state index contributed by atoms with van der Waals surface area (Å²) in [4.78, 5) is 31.8. The standard InChI is InChI=1S/C31H36N2O4/c1-17-19(3)36-27-15-28-24(13-23(17)27)18(2)25(31(35)37-28)14-29(34)33-10-6-7-20-11-21-12-22(30(20)33)16-32-9-5-4-8-26(21)32/h11,13,15,21-22,26,30H,4-10,12,14,16H2,1-3H3/t21-,22+,26-,30-/m1/s1. The molecule has 37 heavy (non-hydrogen) atoms. The molecule has 4 atom stereocenters. The number of hydrogen-bond acceptors (Lipinski definition) is 5. The minimum atomic E-state index is -0.414. The Hall–Kier alpha value is -2.86. The van der Waals surface area contributed by atoms with Crippen molar-refractivity contribution < 1.29 is 13.6 Å². The Balaban J connectivity index is 1.21. The van der Waals surface area contributed by atoms with Crippen LogP contribution in [-0.4, -0.2) is 47.4 Å². The summed E-state index contributed by atoms with van der Waals surface area (Å²) < 4.78 is 11.6. The second-order valence-corrected chi connectivity index (χ2v) is 11.9. The van der Waals surface area contributed by atoms with Crippen molar-refractivity contribution >= 4 is 27.8 Å². The number of rotatable bonds is 2. The summed E-state index contributed by atoms with van der Waals surface area (Å²) in [7, 11) is 0. The normalized spacial score (nSPS) is 27.8. The number of fused-ring (bicyclic) bond motifs is 8. The first kappa shape index (κ1) is 23.3. The van der Waals surface area contributed by atoms with Crippen LogP contribution in [0.3, 0.4) is 0 Å². The van der Waals surface area contributed by atoms with Crippen molar-refractivity contribution in [1.29, 1.82) is 0 Å². The van der Waals surface area contributed by atoms with Gasteiger partial charge >= 0.3 is 5.63 Å². The summed E-state index contributed by atoms with van der Waals surface area (Å²) in [6, 6.07) is 4.73. The number of piperidine rings is 3. The van der Waals surface area contributed by atoms with E-state index < -0.39 is 5.63 Å². The third-order valence-electron chi connectivity index (χ3n) is 9.89. The van der Waals surface area contributed by atoms with E-state index in [1.54, 1.807) is 0 Å². The molecular weight excluding hydrogens is 464 g/mol. The molecule has 0 radical (unpaired) electrons. The Morgan fingerprint density at radius 1 is 1.00 bits per heavy atom. The first-order valence-electron chi connectivity index (χ1n) is 14.1. The van der Waals surface area contributed by atoms with Gasteiger partial charge in [-0.25, -0.2) is 4.79 Å². The SMILES string of the molecule is Cc1oc2cc3oc(=O)c(CC(=O)N4CCCC5=C[C@@H]6C[C@@H](CN7CCCC[C@H]67)[C@@H]54)c(C)c3cc2c1C. The Morgan fingerprint density at radius 2 is 1.81 bits per heavy atom. The third kappa shape index (κ3) is 3.63. The van der Waals surface area contributed by atoms with E-state index in [4.69, 9.17) is 8.83 Å². The van der Waals surface area contributed by atoms with Crippen LogP contribution >= 0.6 is 0 Å². The molecule has 6 heteroatoms. The van der Waals surface area contributed by atoms with Crippen molar-refractivity contribution in [3.05, 3.63) is 56.7 Å². The minimum Gasteiger partial charge on any atom is -0.461 e. The van der Waals surface area contributed by atoms with Gasteiger partial charge in [0.15, 0.2) is 0 Å². The molecule has 5 heterocycles. The lowest BCUT2D eigenvalue weighted by Crippen LogP contribution is -2.60. The number of carbonyl (C=O) groups excluding carboxylic acids is 1. The average Bonchev–Trinajstić information content (AvgIpc) is 3.17. The molecule has 1 amide bonds.